The van der Waals surface area contributed by atoms with E-state index in [0.717, 1.165) is 0 Å². The lowest BCUT2D eigenvalue weighted by molar-refractivity contribution is -0.121. The van der Waals surface area contributed by atoms with Crippen molar-refractivity contribution < 1.29 is 4.79 Å². The molecule has 1 aromatic rings. The number of hydrogen-bond acceptors (Lipinski definition) is 3. The van der Waals surface area contributed by atoms with Crippen molar-refractivity contribution in [1.29, 1.82) is 0 Å². The van der Waals surface area contributed by atoms with Crippen LogP contribution in [0.3, 0.4) is 0 Å². The highest BCUT2D eigenvalue weighted by atomic mass is 127. The fourth-order valence-corrected chi connectivity index (χ4v) is 1.72. The first-order chi connectivity index (χ1) is 6.99. The maximum absolute atomic E-state index is 11.7. The number of rotatable bonds is 3. The second-order valence-electron chi connectivity index (χ2n) is 2.89. The van der Waals surface area contributed by atoms with Crippen molar-refractivity contribution in [1.82, 2.24) is 9.55 Å². The Morgan fingerprint density at radius 2 is 2.40 bits per heavy atom. The molecule has 1 amide bonds. The number of halogens is 2. The first kappa shape index (κ1) is 12.4. The van der Waals surface area contributed by atoms with Gasteiger partial charge in [0.2, 0.25) is 5.91 Å². The quantitative estimate of drug-likeness (QED) is 0.656. The lowest BCUT2D eigenvalue weighted by Crippen LogP contribution is -2.34. The number of aromatic nitrogens is 2. The standard InChI is InChI=1S/C8H9ClIN3O2/c1-2-4(7(11)14)13-3-12-6(9)5(10)8(13)15/h3-4H,2H2,1H3,(H2,11,14). The normalized spacial score (nSPS) is 12.5. The van der Waals surface area contributed by atoms with Gasteiger partial charge in [0.15, 0.2) is 0 Å². The molecule has 0 aliphatic rings. The van der Waals surface area contributed by atoms with E-state index in [2.05, 4.69) is 4.98 Å². The van der Waals surface area contributed by atoms with Gasteiger partial charge in [-0.3, -0.25) is 14.2 Å². The van der Waals surface area contributed by atoms with Gasteiger partial charge < -0.3 is 5.73 Å². The zero-order chi connectivity index (χ0) is 11.6. The average molecular weight is 342 g/mol. The summed E-state index contributed by atoms with van der Waals surface area (Å²) < 4.78 is 1.49. The number of nitrogens with two attached hydrogens (primary N) is 1. The molecule has 7 heteroatoms. The number of carbonyl (C=O) groups excluding carboxylic acids is 1. The van der Waals surface area contributed by atoms with Crippen LogP contribution in [0.15, 0.2) is 11.1 Å². The minimum atomic E-state index is -0.671. The number of primary amides is 1. The number of nitrogens with zero attached hydrogens (tertiary/aromatic N) is 2. The van der Waals surface area contributed by atoms with Crippen LogP contribution >= 0.6 is 34.2 Å². The zero-order valence-electron chi connectivity index (χ0n) is 7.91. The van der Waals surface area contributed by atoms with Gasteiger partial charge in [-0.25, -0.2) is 4.98 Å². The molecule has 1 atom stereocenters. The molecule has 0 saturated heterocycles. The van der Waals surface area contributed by atoms with Gasteiger partial charge in [-0.15, -0.1) is 0 Å². The van der Waals surface area contributed by atoms with Crippen molar-refractivity contribution in [2.24, 2.45) is 5.73 Å². The van der Waals surface area contributed by atoms with E-state index < -0.39 is 11.9 Å². The van der Waals surface area contributed by atoms with E-state index >= 15 is 0 Å². The Bertz CT molecular complexity index is 446. The summed E-state index contributed by atoms with van der Waals surface area (Å²) in [6.07, 6.45) is 1.68. The van der Waals surface area contributed by atoms with E-state index in [9.17, 15) is 9.59 Å². The third-order valence-corrected chi connectivity index (χ3v) is 3.53. The molecule has 15 heavy (non-hydrogen) atoms. The van der Waals surface area contributed by atoms with Gasteiger partial charge in [-0.05, 0) is 29.0 Å². The maximum atomic E-state index is 11.7. The summed E-state index contributed by atoms with van der Waals surface area (Å²) in [5, 5.41) is 0.135. The van der Waals surface area contributed by atoms with Crippen LogP contribution in [-0.2, 0) is 4.79 Å². The molecule has 1 aromatic heterocycles. The van der Waals surface area contributed by atoms with Crippen molar-refractivity contribution in [3.8, 4) is 0 Å². The van der Waals surface area contributed by atoms with E-state index in [1.165, 1.54) is 10.9 Å². The van der Waals surface area contributed by atoms with E-state index in [0.29, 0.717) is 6.42 Å². The van der Waals surface area contributed by atoms with Crippen LogP contribution in [-0.4, -0.2) is 15.5 Å². The third kappa shape index (κ3) is 2.49. The van der Waals surface area contributed by atoms with E-state index in [1.807, 2.05) is 0 Å². The molecule has 1 rings (SSSR count). The highest BCUT2D eigenvalue weighted by Gasteiger charge is 2.18. The summed E-state index contributed by atoms with van der Waals surface area (Å²) in [5.74, 6) is -0.556. The second-order valence-corrected chi connectivity index (χ2v) is 4.32. The number of hydrogen-bond donors (Lipinski definition) is 1. The van der Waals surface area contributed by atoms with E-state index in [4.69, 9.17) is 17.3 Å². The van der Waals surface area contributed by atoms with Gasteiger partial charge in [0, 0.05) is 0 Å². The molecular formula is C8H9ClIN3O2. The fourth-order valence-electron chi connectivity index (χ4n) is 1.18. The van der Waals surface area contributed by atoms with Crippen LogP contribution in [0.4, 0.5) is 0 Å². The Hall–Kier alpha value is -0.630. The molecule has 0 aliphatic heterocycles. The van der Waals surface area contributed by atoms with Crippen molar-refractivity contribution >= 4 is 40.1 Å². The van der Waals surface area contributed by atoms with Crippen LogP contribution in [0.1, 0.15) is 19.4 Å². The van der Waals surface area contributed by atoms with Crippen molar-refractivity contribution in [2.45, 2.75) is 19.4 Å². The van der Waals surface area contributed by atoms with Crippen LogP contribution in [0.25, 0.3) is 0 Å². The largest absolute Gasteiger partial charge is 0.368 e. The van der Waals surface area contributed by atoms with Crippen LogP contribution in [0.5, 0.6) is 0 Å². The smallest absolute Gasteiger partial charge is 0.269 e. The minimum Gasteiger partial charge on any atom is -0.368 e. The number of amides is 1. The summed E-state index contributed by atoms with van der Waals surface area (Å²) >= 11 is 7.45. The molecule has 0 fully saturated rings. The summed E-state index contributed by atoms with van der Waals surface area (Å²) in [6.45, 7) is 1.77. The van der Waals surface area contributed by atoms with Gasteiger partial charge in [0.25, 0.3) is 5.56 Å². The average Bonchev–Trinajstić information content (AvgIpc) is 2.18. The van der Waals surface area contributed by atoms with Gasteiger partial charge in [-0.2, -0.15) is 0 Å². The van der Waals surface area contributed by atoms with E-state index in [-0.39, 0.29) is 14.3 Å². The molecule has 0 aliphatic carbocycles. The van der Waals surface area contributed by atoms with Gasteiger partial charge >= 0.3 is 0 Å². The Morgan fingerprint density at radius 3 is 2.87 bits per heavy atom. The molecule has 82 valence electrons. The highest BCUT2D eigenvalue weighted by Crippen LogP contribution is 2.13. The first-order valence-electron chi connectivity index (χ1n) is 4.20. The molecule has 2 N–H and O–H groups in total. The first-order valence-corrected chi connectivity index (χ1v) is 5.66. The predicted octanol–water partition coefficient (Wildman–Crippen LogP) is 0.938. The fraction of sp³-hybridized carbons (Fsp3) is 0.375. The lowest BCUT2D eigenvalue weighted by Gasteiger charge is -2.14. The Labute approximate surface area is 105 Å². The number of carbonyl (C=O) groups is 1. The Kier molecular flexibility index (Phi) is 4.09. The van der Waals surface area contributed by atoms with Gasteiger partial charge in [-0.1, -0.05) is 18.5 Å². The summed E-state index contributed by atoms with van der Waals surface area (Å²) in [7, 11) is 0. The molecule has 1 heterocycles. The topological polar surface area (TPSA) is 78.0 Å². The molecule has 0 radical (unpaired) electrons. The monoisotopic (exact) mass is 341 g/mol. The predicted molar refractivity (Wildman–Crippen MR) is 64.7 cm³/mol. The SMILES string of the molecule is CCC(C(N)=O)n1cnc(Cl)c(I)c1=O. The Balaban J connectivity index is 3.32. The molecule has 5 nitrogen and oxygen atoms in total. The van der Waals surface area contributed by atoms with Crippen LogP contribution in [0.2, 0.25) is 5.15 Å². The van der Waals surface area contributed by atoms with Crippen molar-refractivity contribution in [3.63, 3.8) is 0 Å². The summed E-state index contributed by atoms with van der Waals surface area (Å²) in [6, 6.07) is -0.671. The van der Waals surface area contributed by atoms with Gasteiger partial charge in [0.1, 0.15) is 21.1 Å². The Morgan fingerprint density at radius 1 is 1.80 bits per heavy atom. The highest BCUT2D eigenvalue weighted by molar-refractivity contribution is 14.1. The third-order valence-electron chi connectivity index (χ3n) is 1.95. The summed E-state index contributed by atoms with van der Waals surface area (Å²) in [5.41, 5.74) is 4.83. The van der Waals surface area contributed by atoms with Crippen LogP contribution in [0, 0.1) is 3.57 Å². The van der Waals surface area contributed by atoms with Crippen LogP contribution < -0.4 is 11.3 Å². The molecule has 0 saturated carbocycles. The second kappa shape index (κ2) is 4.93. The summed E-state index contributed by atoms with van der Waals surface area (Å²) in [4.78, 5) is 26.6. The zero-order valence-corrected chi connectivity index (χ0v) is 10.8. The van der Waals surface area contributed by atoms with Crippen molar-refractivity contribution in [3.05, 3.63) is 25.4 Å². The van der Waals surface area contributed by atoms with Crippen molar-refractivity contribution in [2.75, 3.05) is 0 Å². The molecule has 1 unspecified atom stereocenters. The molecule has 0 aromatic carbocycles. The molecule has 0 bridgehead atoms. The lowest BCUT2D eigenvalue weighted by atomic mass is 10.2. The molecule has 0 spiro atoms. The maximum Gasteiger partial charge on any atom is 0.269 e. The van der Waals surface area contributed by atoms with E-state index in [1.54, 1.807) is 29.5 Å². The van der Waals surface area contributed by atoms with Gasteiger partial charge in [0.05, 0.1) is 0 Å². The minimum absolute atomic E-state index is 0.135. The molecular weight excluding hydrogens is 332 g/mol.